The van der Waals surface area contributed by atoms with Crippen LogP contribution in [-0.2, 0) is 17.8 Å². The van der Waals surface area contributed by atoms with E-state index >= 15 is 0 Å². The van der Waals surface area contributed by atoms with Crippen LogP contribution in [0.1, 0.15) is 25.0 Å². The molecule has 2 rings (SSSR count). The highest BCUT2D eigenvalue weighted by molar-refractivity contribution is 6.30. The number of ether oxygens (including phenoxy) is 2. The molecule has 1 N–H and O–H groups in total. The van der Waals surface area contributed by atoms with E-state index in [1.807, 2.05) is 26.0 Å². The van der Waals surface area contributed by atoms with Gasteiger partial charge in [0.1, 0.15) is 5.75 Å². The zero-order valence-corrected chi connectivity index (χ0v) is 11.6. The molecule has 0 atom stereocenters. The maximum Gasteiger partial charge on any atom is 0.128 e. The van der Waals surface area contributed by atoms with Crippen molar-refractivity contribution in [3.05, 3.63) is 28.3 Å². The summed E-state index contributed by atoms with van der Waals surface area (Å²) in [6, 6.07) is 3.84. The minimum Gasteiger partial charge on any atom is -0.493 e. The minimum atomic E-state index is -0.220. The fraction of sp³-hybridized carbons (Fsp3) is 0.571. The van der Waals surface area contributed by atoms with E-state index < -0.39 is 0 Å². The smallest absolute Gasteiger partial charge is 0.128 e. The molecular formula is C14H19ClO3. The van der Waals surface area contributed by atoms with Gasteiger partial charge in [0, 0.05) is 22.4 Å². The lowest BCUT2D eigenvalue weighted by molar-refractivity contribution is 0.0191. The third-order valence-electron chi connectivity index (χ3n) is 3.00. The fourth-order valence-corrected chi connectivity index (χ4v) is 2.20. The van der Waals surface area contributed by atoms with Gasteiger partial charge in [0.25, 0.3) is 0 Å². The molecule has 0 saturated carbocycles. The molecule has 0 spiro atoms. The van der Waals surface area contributed by atoms with Crippen molar-refractivity contribution in [1.29, 1.82) is 0 Å². The van der Waals surface area contributed by atoms with Crippen LogP contribution in [0.15, 0.2) is 12.1 Å². The lowest BCUT2D eigenvalue weighted by Crippen LogP contribution is -2.23. The predicted octanol–water partition coefficient (Wildman–Crippen LogP) is 2.81. The van der Waals surface area contributed by atoms with Crippen LogP contribution in [0.25, 0.3) is 0 Å². The van der Waals surface area contributed by atoms with E-state index in [4.69, 9.17) is 26.2 Å². The maximum atomic E-state index is 9.16. The Hall–Kier alpha value is -0.770. The maximum absolute atomic E-state index is 9.16. The Morgan fingerprint density at radius 1 is 1.44 bits per heavy atom. The second kappa shape index (κ2) is 5.47. The van der Waals surface area contributed by atoms with Crippen LogP contribution in [0.4, 0.5) is 0 Å². The molecule has 3 nitrogen and oxygen atoms in total. The van der Waals surface area contributed by atoms with Gasteiger partial charge in [0.15, 0.2) is 0 Å². The first kappa shape index (κ1) is 13.7. The first-order valence-electron chi connectivity index (χ1n) is 6.14. The van der Waals surface area contributed by atoms with Gasteiger partial charge in [-0.05, 0) is 17.7 Å². The van der Waals surface area contributed by atoms with Gasteiger partial charge in [0.2, 0.25) is 0 Å². The molecule has 1 heterocycles. The van der Waals surface area contributed by atoms with E-state index in [0.717, 1.165) is 28.3 Å². The summed E-state index contributed by atoms with van der Waals surface area (Å²) >= 11 is 6.07. The van der Waals surface area contributed by atoms with Gasteiger partial charge in [0.05, 0.1) is 26.4 Å². The number of fused-ring (bicyclic) bond motifs is 1. The van der Waals surface area contributed by atoms with Crippen molar-refractivity contribution in [2.24, 2.45) is 5.41 Å². The third-order valence-corrected chi connectivity index (χ3v) is 3.22. The molecule has 0 amide bonds. The van der Waals surface area contributed by atoms with Crippen molar-refractivity contribution in [2.75, 3.05) is 19.8 Å². The molecule has 0 fully saturated rings. The molecule has 0 saturated heterocycles. The number of aliphatic hydroxyl groups excluding tert-OH is 1. The van der Waals surface area contributed by atoms with Crippen LogP contribution in [-0.4, -0.2) is 24.9 Å². The van der Waals surface area contributed by atoms with Crippen molar-refractivity contribution in [1.82, 2.24) is 0 Å². The number of halogens is 1. The molecule has 1 aromatic carbocycles. The normalized spacial score (nSPS) is 14.4. The number of hydrogen-bond donors (Lipinski definition) is 1. The van der Waals surface area contributed by atoms with Crippen LogP contribution >= 0.6 is 11.6 Å². The van der Waals surface area contributed by atoms with Gasteiger partial charge < -0.3 is 14.6 Å². The molecular weight excluding hydrogens is 252 g/mol. The summed E-state index contributed by atoms with van der Waals surface area (Å²) < 4.78 is 11.3. The van der Waals surface area contributed by atoms with Crippen molar-refractivity contribution in [3.8, 4) is 5.75 Å². The van der Waals surface area contributed by atoms with Gasteiger partial charge in [-0.2, -0.15) is 0 Å². The van der Waals surface area contributed by atoms with Crippen LogP contribution in [0.2, 0.25) is 5.02 Å². The standard InChI is InChI=1S/C14H19ClO3/c1-14(2,8-16)9-17-7-11-6-12(15)5-10-3-4-18-13(10)11/h5-6,16H,3-4,7-9H2,1-2H3. The average Bonchev–Trinajstić information content (AvgIpc) is 2.76. The quantitative estimate of drug-likeness (QED) is 0.894. The Bertz CT molecular complexity index is 429. The van der Waals surface area contributed by atoms with Crippen molar-refractivity contribution in [3.63, 3.8) is 0 Å². The first-order chi connectivity index (χ1) is 8.52. The van der Waals surface area contributed by atoms with Crippen molar-refractivity contribution < 1.29 is 14.6 Å². The van der Waals surface area contributed by atoms with Crippen molar-refractivity contribution >= 4 is 11.6 Å². The fourth-order valence-electron chi connectivity index (χ4n) is 1.94. The summed E-state index contributed by atoms with van der Waals surface area (Å²) in [4.78, 5) is 0. The zero-order chi connectivity index (χ0) is 13.2. The lowest BCUT2D eigenvalue weighted by atomic mass is 9.96. The summed E-state index contributed by atoms with van der Waals surface area (Å²) in [5.41, 5.74) is 1.93. The van der Waals surface area contributed by atoms with Crippen LogP contribution < -0.4 is 4.74 Å². The Morgan fingerprint density at radius 3 is 2.94 bits per heavy atom. The largest absolute Gasteiger partial charge is 0.493 e. The Morgan fingerprint density at radius 2 is 2.22 bits per heavy atom. The zero-order valence-electron chi connectivity index (χ0n) is 10.8. The molecule has 0 radical (unpaired) electrons. The van der Waals surface area contributed by atoms with E-state index in [0.29, 0.717) is 19.8 Å². The van der Waals surface area contributed by atoms with Crippen LogP contribution in [0.5, 0.6) is 5.75 Å². The average molecular weight is 271 g/mol. The summed E-state index contributed by atoms with van der Waals surface area (Å²) in [5, 5.41) is 9.89. The monoisotopic (exact) mass is 270 g/mol. The summed E-state index contributed by atoms with van der Waals surface area (Å²) in [6.07, 6.45) is 0.908. The van der Waals surface area contributed by atoms with Crippen LogP contribution in [0, 0.1) is 5.41 Å². The molecule has 0 unspecified atom stereocenters. The molecule has 1 aliphatic heterocycles. The van der Waals surface area contributed by atoms with Gasteiger partial charge in [-0.25, -0.2) is 0 Å². The number of aliphatic hydroxyl groups is 1. The highest BCUT2D eigenvalue weighted by atomic mass is 35.5. The molecule has 0 bridgehead atoms. The molecule has 4 heteroatoms. The predicted molar refractivity (Wildman–Crippen MR) is 71.2 cm³/mol. The molecule has 1 aliphatic rings. The second-order valence-corrected chi connectivity index (χ2v) is 5.90. The topological polar surface area (TPSA) is 38.7 Å². The highest BCUT2D eigenvalue weighted by Gasteiger charge is 2.20. The Balaban J connectivity index is 2.02. The molecule has 0 aliphatic carbocycles. The summed E-state index contributed by atoms with van der Waals surface area (Å²) in [5.74, 6) is 0.918. The van der Waals surface area contributed by atoms with Gasteiger partial charge >= 0.3 is 0 Å². The second-order valence-electron chi connectivity index (χ2n) is 5.47. The van der Waals surface area contributed by atoms with Gasteiger partial charge in [-0.15, -0.1) is 0 Å². The van der Waals surface area contributed by atoms with Crippen molar-refractivity contribution in [2.45, 2.75) is 26.9 Å². The first-order valence-corrected chi connectivity index (χ1v) is 6.52. The molecule has 100 valence electrons. The third kappa shape index (κ3) is 3.16. The summed E-state index contributed by atoms with van der Waals surface area (Å²) in [6.45, 7) is 5.72. The number of rotatable bonds is 5. The number of benzene rings is 1. The van der Waals surface area contributed by atoms with E-state index in [1.165, 1.54) is 0 Å². The van der Waals surface area contributed by atoms with E-state index in [1.54, 1.807) is 0 Å². The summed E-state index contributed by atoms with van der Waals surface area (Å²) in [7, 11) is 0. The van der Waals surface area contributed by atoms with E-state index in [-0.39, 0.29) is 12.0 Å². The SMILES string of the molecule is CC(C)(CO)COCc1cc(Cl)cc2c1OCC2. The van der Waals surface area contributed by atoms with Crippen LogP contribution in [0.3, 0.4) is 0 Å². The highest BCUT2D eigenvalue weighted by Crippen LogP contribution is 2.33. The Kier molecular flexibility index (Phi) is 4.15. The van der Waals surface area contributed by atoms with E-state index in [2.05, 4.69) is 0 Å². The minimum absolute atomic E-state index is 0.108. The Labute approximate surface area is 113 Å². The molecule has 1 aromatic rings. The van der Waals surface area contributed by atoms with Gasteiger partial charge in [-0.1, -0.05) is 25.4 Å². The molecule has 18 heavy (non-hydrogen) atoms. The van der Waals surface area contributed by atoms with Gasteiger partial charge in [-0.3, -0.25) is 0 Å². The van der Waals surface area contributed by atoms with E-state index in [9.17, 15) is 0 Å². The molecule has 0 aromatic heterocycles. The number of hydrogen-bond acceptors (Lipinski definition) is 3. The lowest BCUT2D eigenvalue weighted by Gasteiger charge is -2.21.